The Labute approximate surface area is 437 Å². The molecule has 6 nitrogen and oxygen atoms in total. The van der Waals surface area contributed by atoms with Gasteiger partial charge in [-0.3, -0.25) is 0 Å². The molecule has 0 spiro atoms. The minimum atomic E-state index is -0.370. The fourth-order valence-corrected chi connectivity index (χ4v) is 12.8. The van der Waals surface area contributed by atoms with E-state index in [0.717, 1.165) is 44.9 Å². The molecule has 0 saturated heterocycles. The molecule has 0 fully saturated rings. The Balaban J connectivity index is 0.973. The van der Waals surface area contributed by atoms with Gasteiger partial charge in [0.2, 0.25) is 0 Å². The number of anilines is 6. The highest BCUT2D eigenvalue weighted by atomic mass is 15.1. The maximum Gasteiger partial charge on any atom is 0.187 e. The van der Waals surface area contributed by atoms with E-state index in [-0.39, 0.29) is 16.2 Å². The molecule has 354 valence electrons. The zero-order valence-corrected chi connectivity index (χ0v) is 42.5. The van der Waals surface area contributed by atoms with Gasteiger partial charge in [0, 0.05) is 49.8 Å². The molecule has 0 saturated carbocycles. The molecule has 0 atom stereocenters. The Bertz CT molecular complexity index is 3890. The van der Waals surface area contributed by atoms with Gasteiger partial charge in [-0.05, 0) is 199 Å². The first-order valence-electron chi connectivity index (χ1n) is 25.4. The van der Waals surface area contributed by atoms with Crippen molar-refractivity contribution in [1.29, 1.82) is 15.8 Å². The third-order valence-electron chi connectivity index (χ3n) is 16.7. The van der Waals surface area contributed by atoms with E-state index >= 15 is 0 Å². The fourth-order valence-electron chi connectivity index (χ4n) is 12.8. The molecule has 10 aromatic rings. The van der Waals surface area contributed by atoms with Gasteiger partial charge in [0.25, 0.3) is 0 Å². The summed E-state index contributed by atoms with van der Waals surface area (Å²) in [6.07, 6.45) is 0. The summed E-state index contributed by atoms with van der Waals surface area (Å²) in [6, 6.07) is 70.1. The number of nitriles is 3. The second-order valence-electron chi connectivity index (χ2n) is 21.8. The summed E-state index contributed by atoms with van der Waals surface area (Å²) >= 11 is 0. The van der Waals surface area contributed by atoms with Crippen LogP contribution < -0.4 is 9.80 Å². The predicted octanol–water partition coefficient (Wildman–Crippen LogP) is 18.0. The molecule has 10 aromatic carbocycles. The van der Waals surface area contributed by atoms with Crippen molar-refractivity contribution in [3.05, 3.63) is 243 Å². The van der Waals surface area contributed by atoms with Crippen molar-refractivity contribution in [2.45, 2.75) is 57.8 Å². The third kappa shape index (κ3) is 6.47. The van der Waals surface area contributed by atoms with Crippen LogP contribution in [0, 0.1) is 40.6 Å². The highest BCUT2D eigenvalue weighted by Crippen LogP contribution is 2.62. The molecule has 3 aliphatic rings. The zero-order valence-electron chi connectivity index (χ0n) is 42.5. The molecule has 0 heterocycles. The number of hydrogen-bond donors (Lipinski definition) is 0. The van der Waals surface area contributed by atoms with E-state index < -0.39 is 0 Å². The van der Waals surface area contributed by atoms with E-state index in [1.807, 2.05) is 97.1 Å². The average Bonchev–Trinajstić information content (AvgIpc) is 3.92. The maximum absolute atomic E-state index is 9.74. The van der Waals surface area contributed by atoms with Gasteiger partial charge in [0.1, 0.15) is 0 Å². The minimum absolute atomic E-state index is 0.314. The van der Waals surface area contributed by atoms with Crippen molar-refractivity contribution in [2.24, 2.45) is 0 Å². The first-order valence-corrected chi connectivity index (χ1v) is 25.4. The fraction of sp³-hybridized carbons (Fsp3) is 0.130. The van der Waals surface area contributed by atoms with E-state index in [1.165, 1.54) is 77.5 Å². The minimum Gasteiger partial charge on any atom is -0.310 e. The van der Waals surface area contributed by atoms with E-state index in [1.54, 1.807) is 0 Å². The van der Waals surface area contributed by atoms with Crippen molar-refractivity contribution in [1.82, 2.24) is 0 Å². The Morgan fingerprint density at radius 2 is 0.653 bits per heavy atom. The first-order chi connectivity index (χ1) is 36.3. The molecular weight excluding hydrogens is 913 g/mol. The largest absolute Gasteiger partial charge is 0.310 e. The molecule has 0 N–H and O–H groups in total. The number of hydrogen-bond acceptors (Lipinski definition) is 5. The smallest absolute Gasteiger partial charge is 0.187 e. The quantitative estimate of drug-likeness (QED) is 0.155. The lowest BCUT2D eigenvalue weighted by molar-refractivity contribution is 0.649. The van der Waals surface area contributed by atoms with Crippen LogP contribution in [0.25, 0.3) is 59.8 Å². The van der Waals surface area contributed by atoms with Crippen molar-refractivity contribution in [3.63, 3.8) is 0 Å². The molecule has 0 radical (unpaired) electrons. The summed E-state index contributed by atoms with van der Waals surface area (Å²) in [4.78, 5) is 8.21. The second kappa shape index (κ2) is 16.1. The summed E-state index contributed by atoms with van der Waals surface area (Å²) < 4.78 is 0. The monoisotopic (exact) mass is 960 g/mol. The molecule has 0 bridgehead atoms. The maximum atomic E-state index is 9.74. The lowest BCUT2D eigenvalue weighted by Gasteiger charge is -2.30. The van der Waals surface area contributed by atoms with Gasteiger partial charge in [-0.15, -0.1) is 0 Å². The molecule has 6 heteroatoms. The summed E-state index contributed by atoms with van der Waals surface area (Å²) in [6.45, 7) is 21.9. The molecular formula is C69H48N6. The Morgan fingerprint density at radius 3 is 0.987 bits per heavy atom. The van der Waals surface area contributed by atoms with Crippen LogP contribution in [0.2, 0.25) is 0 Å². The lowest BCUT2D eigenvalue weighted by atomic mass is 9.78. The topological polar surface area (TPSA) is 82.2 Å². The van der Waals surface area contributed by atoms with Gasteiger partial charge in [0.15, 0.2) is 5.69 Å². The SMILES string of the molecule is [C-]#[N+]c1ccc(N(c2ccc(C#N)cc2)c2cc3c(c4ccccc24)-c2cc4c(cc2C3(C)C)-c2cc3c(cc2C4(C)C)-c2c(cc(N(c4ccc(C#N)cc4)c4ccc(C#N)cc4)c4ccccc24)C3(C)C)cc1. The van der Waals surface area contributed by atoms with E-state index in [4.69, 9.17) is 6.57 Å². The summed E-state index contributed by atoms with van der Waals surface area (Å²) in [5.74, 6) is 0. The van der Waals surface area contributed by atoms with Crippen molar-refractivity contribution < 1.29 is 0 Å². The van der Waals surface area contributed by atoms with Crippen molar-refractivity contribution >= 4 is 61.4 Å². The van der Waals surface area contributed by atoms with Crippen LogP contribution >= 0.6 is 0 Å². The van der Waals surface area contributed by atoms with Crippen LogP contribution in [0.4, 0.5) is 39.8 Å². The zero-order chi connectivity index (χ0) is 51.7. The average molecular weight is 961 g/mol. The molecule has 3 aliphatic carbocycles. The highest BCUT2D eigenvalue weighted by molar-refractivity contribution is 6.12. The molecule has 75 heavy (non-hydrogen) atoms. The Morgan fingerprint density at radius 1 is 0.360 bits per heavy atom. The van der Waals surface area contributed by atoms with Crippen LogP contribution in [0.1, 0.15) is 91.6 Å². The molecule has 0 amide bonds. The molecule has 0 aliphatic heterocycles. The van der Waals surface area contributed by atoms with Gasteiger partial charge in [0.05, 0.1) is 52.8 Å². The van der Waals surface area contributed by atoms with Crippen LogP contribution in [0.3, 0.4) is 0 Å². The first kappa shape index (κ1) is 45.2. The van der Waals surface area contributed by atoms with Crippen molar-refractivity contribution in [3.8, 4) is 51.6 Å². The number of fused-ring (bicyclic) bond motifs is 13. The van der Waals surface area contributed by atoms with E-state index in [0.29, 0.717) is 22.4 Å². The van der Waals surface area contributed by atoms with Gasteiger partial charge < -0.3 is 9.80 Å². The van der Waals surface area contributed by atoms with Crippen LogP contribution in [-0.2, 0) is 16.2 Å². The number of benzene rings is 10. The van der Waals surface area contributed by atoms with Gasteiger partial charge in [-0.2, -0.15) is 15.8 Å². The van der Waals surface area contributed by atoms with Crippen LogP contribution in [0.5, 0.6) is 0 Å². The second-order valence-corrected chi connectivity index (χ2v) is 21.8. The third-order valence-corrected chi connectivity index (χ3v) is 16.7. The van der Waals surface area contributed by atoms with E-state index in [9.17, 15) is 15.8 Å². The summed E-state index contributed by atoms with van der Waals surface area (Å²) in [7, 11) is 0. The normalized spacial score (nSPS) is 14.3. The summed E-state index contributed by atoms with van der Waals surface area (Å²) in [5, 5.41) is 33.8. The molecule has 0 unspecified atom stereocenters. The highest BCUT2D eigenvalue weighted by Gasteiger charge is 2.46. The van der Waals surface area contributed by atoms with E-state index in [2.05, 4.69) is 159 Å². The standard InChI is InChI=1S/C69H48N6/c1-67(2)57-34-55-59(68(3,4)61-36-63(49-12-8-10-14-51(49)65(55)61)74(45-24-16-41(38-70)17-25-45)46-26-18-42(39-71)19-27-46)32-53(57)54-33-60-56(35-58(54)67)66-52-15-11-9-13-50(52)64(37-62(66)69(60,5)6)75(47-28-20-43(40-72)21-29-47)48-30-22-44(73-7)23-31-48/h8-37H,1-6H3. The van der Waals surface area contributed by atoms with Crippen LogP contribution in [0.15, 0.2) is 182 Å². The Hall–Kier alpha value is -9.72. The van der Waals surface area contributed by atoms with Crippen molar-refractivity contribution in [2.75, 3.05) is 9.80 Å². The number of rotatable bonds is 6. The predicted molar refractivity (Wildman–Crippen MR) is 304 cm³/mol. The van der Waals surface area contributed by atoms with Gasteiger partial charge >= 0.3 is 0 Å². The number of nitrogens with zero attached hydrogens (tertiary/aromatic N) is 6. The summed E-state index contributed by atoms with van der Waals surface area (Å²) in [5.41, 5.74) is 22.5. The van der Waals surface area contributed by atoms with Crippen LogP contribution in [-0.4, -0.2) is 0 Å². The Kier molecular flexibility index (Phi) is 9.72. The molecule has 13 rings (SSSR count). The van der Waals surface area contributed by atoms with Gasteiger partial charge in [-0.25, -0.2) is 4.85 Å². The molecule has 0 aromatic heterocycles. The van der Waals surface area contributed by atoms with Gasteiger partial charge in [-0.1, -0.05) is 102 Å². The lowest BCUT2D eigenvalue weighted by Crippen LogP contribution is -2.18.